The molecule has 2 heterocycles. The smallest absolute Gasteiger partial charge is 0.175 e. The number of nitrogens with zero attached hydrogens (tertiary/aromatic N) is 2. The van der Waals surface area contributed by atoms with Crippen molar-refractivity contribution in [1.82, 2.24) is 0 Å². The first-order chi connectivity index (χ1) is 8.93. The molecule has 3 aliphatic rings. The molecule has 0 amide bonds. The summed E-state index contributed by atoms with van der Waals surface area (Å²) in [6.07, 6.45) is 7.43. The standard InChI is InChI=1S/C12H21N7/c13-7(6-4-2-1-3-5-6)11-10(16)19-12(11,17)8(14)9(15)18-11/h2,4,6-8H,1,3,5,13-14,17H2,(H2,15,18)(H2,16,19). The molecule has 1 aliphatic carbocycles. The van der Waals surface area contributed by atoms with Crippen LogP contribution in [0.2, 0.25) is 0 Å². The predicted octanol–water partition coefficient (Wildman–Crippen LogP) is -1.87. The molecule has 5 atom stereocenters. The van der Waals surface area contributed by atoms with Gasteiger partial charge in [-0.3, -0.25) is 4.99 Å². The number of fused-ring (bicyclic) bond motifs is 1. The van der Waals surface area contributed by atoms with E-state index in [9.17, 15) is 0 Å². The van der Waals surface area contributed by atoms with E-state index in [1.54, 1.807) is 0 Å². The summed E-state index contributed by atoms with van der Waals surface area (Å²) in [7, 11) is 0. The Hall–Kier alpha value is -1.44. The Labute approximate surface area is 112 Å². The van der Waals surface area contributed by atoms with E-state index in [4.69, 9.17) is 28.7 Å². The monoisotopic (exact) mass is 263 g/mol. The zero-order valence-corrected chi connectivity index (χ0v) is 10.8. The molecule has 19 heavy (non-hydrogen) atoms. The van der Waals surface area contributed by atoms with Gasteiger partial charge < -0.3 is 28.7 Å². The Morgan fingerprint density at radius 2 is 2.05 bits per heavy atom. The molecule has 3 rings (SSSR count). The second-order valence-electron chi connectivity index (χ2n) is 5.65. The van der Waals surface area contributed by atoms with Crippen LogP contribution in [0.3, 0.4) is 0 Å². The van der Waals surface area contributed by atoms with E-state index < -0.39 is 17.2 Å². The van der Waals surface area contributed by atoms with Crippen LogP contribution < -0.4 is 28.7 Å². The summed E-state index contributed by atoms with van der Waals surface area (Å²) in [5, 5.41) is 0. The number of hydrogen-bond donors (Lipinski definition) is 5. The van der Waals surface area contributed by atoms with Gasteiger partial charge in [-0.15, -0.1) is 0 Å². The van der Waals surface area contributed by atoms with Crippen LogP contribution in [0.25, 0.3) is 0 Å². The van der Waals surface area contributed by atoms with Crippen molar-refractivity contribution in [3.05, 3.63) is 12.2 Å². The van der Waals surface area contributed by atoms with Crippen molar-refractivity contribution >= 4 is 11.7 Å². The van der Waals surface area contributed by atoms with Crippen molar-refractivity contribution in [1.29, 1.82) is 0 Å². The van der Waals surface area contributed by atoms with E-state index >= 15 is 0 Å². The summed E-state index contributed by atoms with van der Waals surface area (Å²) >= 11 is 0. The summed E-state index contributed by atoms with van der Waals surface area (Å²) in [6.45, 7) is 0. The molecule has 2 aliphatic heterocycles. The van der Waals surface area contributed by atoms with Crippen molar-refractivity contribution in [2.45, 2.75) is 42.5 Å². The van der Waals surface area contributed by atoms with Gasteiger partial charge in [-0.2, -0.15) is 0 Å². The average Bonchev–Trinajstić information content (AvgIpc) is 2.57. The SMILES string of the molecule is NC1=NC2(C(N)C3C=CCCC3)C(N)=NC2(N)C1N. The highest BCUT2D eigenvalue weighted by atomic mass is 15.3. The predicted molar refractivity (Wildman–Crippen MR) is 75.3 cm³/mol. The summed E-state index contributed by atoms with van der Waals surface area (Å²) < 4.78 is 0. The van der Waals surface area contributed by atoms with Gasteiger partial charge in [0.25, 0.3) is 0 Å². The van der Waals surface area contributed by atoms with Gasteiger partial charge in [0.2, 0.25) is 0 Å². The third-order valence-corrected chi connectivity index (χ3v) is 4.64. The lowest BCUT2D eigenvalue weighted by Crippen LogP contribution is -2.82. The second-order valence-corrected chi connectivity index (χ2v) is 5.65. The van der Waals surface area contributed by atoms with Crippen LogP contribution in [-0.4, -0.2) is 35.0 Å². The molecule has 0 saturated carbocycles. The number of allylic oxidation sites excluding steroid dienone is 1. The molecule has 0 bridgehead atoms. The van der Waals surface area contributed by atoms with Crippen molar-refractivity contribution in [2.24, 2.45) is 44.6 Å². The van der Waals surface area contributed by atoms with Gasteiger partial charge >= 0.3 is 0 Å². The van der Waals surface area contributed by atoms with Crippen LogP contribution in [0, 0.1) is 5.92 Å². The molecule has 0 saturated heterocycles. The third-order valence-electron chi connectivity index (χ3n) is 4.64. The van der Waals surface area contributed by atoms with Crippen LogP contribution in [0.15, 0.2) is 22.1 Å². The molecule has 7 nitrogen and oxygen atoms in total. The van der Waals surface area contributed by atoms with Gasteiger partial charge in [0.1, 0.15) is 17.7 Å². The number of nitrogens with two attached hydrogens (primary N) is 5. The van der Waals surface area contributed by atoms with Crippen LogP contribution in [-0.2, 0) is 0 Å². The Morgan fingerprint density at radius 1 is 1.32 bits per heavy atom. The highest BCUT2D eigenvalue weighted by Crippen LogP contribution is 2.46. The Morgan fingerprint density at radius 3 is 2.58 bits per heavy atom. The quantitative estimate of drug-likeness (QED) is 0.369. The minimum atomic E-state index is -1.09. The lowest BCUT2D eigenvalue weighted by Gasteiger charge is -2.52. The molecular formula is C12H21N7. The lowest BCUT2D eigenvalue weighted by atomic mass is 9.66. The summed E-state index contributed by atoms with van der Waals surface area (Å²) in [5.74, 6) is 0.798. The normalized spacial score (nSPS) is 46.1. The van der Waals surface area contributed by atoms with Crippen molar-refractivity contribution in [2.75, 3.05) is 0 Å². The zero-order chi connectivity index (χ0) is 13.8. The fraction of sp³-hybridized carbons (Fsp3) is 0.667. The molecule has 0 radical (unpaired) electrons. The van der Waals surface area contributed by atoms with Crippen molar-refractivity contribution in [3.63, 3.8) is 0 Å². The first-order valence-electron chi connectivity index (χ1n) is 6.61. The summed E-state index contributed by atoms with van der Waals surface area (Å²) in [6, 6.07) is -0.975. The second kappa shape index (κ2) is 3.78. The van der Waals surface area contributed by atoms with Gasteiger partial charge in [0.05, 0.1) is 0 Å². The Kier molecular flexibility index (Phi) is 2.51. The van der Waals surface area contributed by atoms with Gasteiger partial charge in [-0.1, -0.05) is 12.2 Å². The van der Waals surface area contributed by atoms with Crippen LogP contribution in [0.4, 0.5) is 0 Å². The minimum absolute atomic E-state index is 0.174. The molecule has 104 valence electrons. The number of rotatable bonds is 2. The largest absolute Gasteiger partial charge is 0.386 e. The molecule has 0 fully saturated rings. The highest BCUT2D eigenvalue weighted by molar-refractivity contribution is 6.07. The maximum atomic E-state index is 6.42. The molecule has 0 aromatic carbocycles. The van der Waals surface area contributed by atoms with E-state index in [0.29, 0.717) is 5.84 Å². The maximum absolute atomic E-state index is 6.42. The van der Waals surface area contributed by atoms with Crippen LogP contribution in [0.5, 0.6) is 0 Å². The van der Waals surface area contributed by atoms with Crippen molar-refractivity contribution < 1.29 is 0 Å². The Balaban J connectivity index is 2.00. The fourth-order valence-electron chi connectivity index (χ4n) is 3.43. The number of aliphatic imine (C=N–C) groups is 2. The zero-order valence-electron chi connectivity index (χ0n) is 10.8. The number of amidine groups is 2. The highest BCUT2D eigenvalue weighted by Gasteiger charge is 2.70. The van der Waals surface area contributed by atoms with Gasteiger partial charge in [-0.05, 0) is 25.2 Å². The first-order valence-corrected chi connectivity index (χ1v) is 6.61. The number of hydrogen-bond acceptors (Lipinski definition) is 7. The molecule has 0 spiro atoms. The van der Waals surface area contributed by atoms with Gasteiger partial charge in [0.15, 0.2) is 11.2 Å². The van der Waals surface area contributed by atoms with E-state index in [1.165, 1.54) is 0 Å². The fourth-order valence-corrected chi connectivity index (χ4v) is 3.43. The molecule has 0 aromatic rings. The maximum Gasteiger partial charge on any atom is 0.175 e. The Bertz CT molecular complexity index is 496. The average molecular weight is 263 g/mol. The molecule has 0 aromatic heterocycles. The summed E-state index contributed by atoms with van der Waals surface area (Å²) in [4.78, 5) is 8.61. The molecular weight excluding hydrogens is 242 g/mol. The van der Waals surface area contributed by atoms with Crippen LogP contribution >= 0.6 is 0 Å². The molecule has 5 unspecified atom stereocenters. The lowest BCUT2D eigenvalue weighted by molar-refractivity contribution is 0.198. The van der Waals surface area contributed by atoms with E-state index in [-0.39, 0.29) is 17.8 Å². The molecule has 10 N–H and O–H groups in total. The topological polar surface area (TPSA) is 155 Å². The van der Waals surface area contributed by atoms with Crippen LogP contribution in [0.1, 0.15) is 19.3 Å². The van der Waals surface area contributed by atoms with Gasteiger partial charge in [0, 0.05) is 6.04 Å². The van der Waals surface area contributed by atoms with E-state index in [0.717, 1.165) is 19.3 Å². The first kappa shape index (κ1) is 12.6. The van der Waals surface area contributed by atoms with Crippen molar-refractivity contribution in [3.8, 4) is 0 Å². The van der Waals surface area contributed by atoms with E-state index in [1.807, 2.05) is 0 Å². The minimum Gasteiger partial charge on any atom is -0.386 e. The molecule has 7 heteroatoms. The van der Waals surface area contributed by atoms with Gasteiger partial charge in [-0.25, -0.2) is 4.99 Å². The third kappa shape index (κ3) is 1.32. The van der Waals surface area contributed by atoms with E-state index in [2.05, 4.69) is 22.1 Å². The summed E-state index contributed by atoms with van der Waals surface area (Å²) in [5.41, 5.74) is 28.5.